The monoisotopic (exact) mass is 306 g/mol. The third-order valence-electron chi connectivity index (χ3n) is 3.69. The van der Waals surface area contributed by atoms with Crippen molar-refractivity contribution >= 4 is 22.7 Å². The zero-order chi connectivity index (χ0) is 15.8. The van der Waals surface area contributed by atoms with Gasteiger partial charge in [-0.15, -0.1) is 0 Å². The molecule has 2 aromatic carbocycles. The average Bonchev–Trinajstić information content (AvgIpc) is 3.17. The van der Waals surface area contributed by atoms with Gasteiger partial charge in [-0.3, -0.25) is 9.89 Å². The number of anilines is 1. The van der Waals surface area contributed by atoms with E-state index in [0.29, 0.717) is 22.5 Å². The van der Waals surface area contributed by atoms with Gasteiger partial charge in [0.25, 0.3) is 5.91 Å². The Morgan fingerprint density at radius 2 is 1.96 bits per heavy atom. The molecule has 23 heavy (non-hydrogen) atoms. The highest BCUT2D eigenvalue weighted by atomic mass is 19.1. The van der Waals surface area contributed by atoms with E-state index in [-0.39, 0.29) is 11.7 Å². The number of benzene rings is 2. The van der Waals surface area contributed by atoms with Crippen LogP contribution >= 0.6 is 0 Å². The Balaban J connectivity index is 2.05. The number of carbonyl (C=O) groups excluding carboxylic acids is 1. The number of fused-ring (bicyclic) bond motifs is 1. The van der Waals surface area contributed by atoms with Crippen LogP contribution in [0.1, 0.15) is 17.0 Å². The SMILES string of the molecule is O=C1Nc2ccccc2C1=C(c1cccc(F)c1)c1ncn[nH]1. The van der Waals surface area contributed by atoms with Crippen molar-refractivity contribution in [3.05, 3.63) is 77.6 Å². The molecule has 5 nitrogen and oxygen atoms in total. The number of para-hydroxylation sites is 1. The normalized spacial score (nSPS) is 15.3. The van der Waals surface area contributed by atoms with Gasteiger partial charge < -0.3 is 5.32 Å². The molecule has 0 radical (unpaired) electrons. The van der Waals surface area contributed by atoms with E-state index in [1.165, 1.54) is 18.5 Å². The molecule has 0 aliphatic carbocycles. The third kappa shape index (κ3) is 2.20. The second-order valence-electron chi connectivity index (χ2n) is 5.09. The molecule has 2 heterocycles. The van der Waals surface area contributed by atoms with Crippen molar-refractivity contribution in [2.24, 2.45) is 0 Å². The van der Waals surface area contributed by atoms with Crippen molar-refractivity contribution in [2.75, 3.05) is 5.32 Å². The van der Waals surface area contributed by atoms with Gasteiger partial charge >= 0.3 is 0 Å². The number of rotatable bonds is 2. The van der Waals surface area contributed by atoms with Crippen molar-refractivity contribution in [1.82, 2.24) is 15.2 Å². The third-order valence-corrected chi connectivity index (χ3v) is 3.69. The molecule has 0 unspecified atom stereocenters. The van der Waals surface area contributed by atoms with E-state index in [4.69, 9.17) is 0 Å². The van der Waals surface area contributed by atoms with Crippen LogP contribution in [-0.2, 0) is 4.79 Å². The molecule has 4 rings (SSSR count). The van der Waals surface area contributed by atoms with Gasteiger partial charge in [0, 0.05) is 16.8 Å². The molecular formula is C17H11FN4O. The molecule has 1 amide bonds. The zero-order valence-corrected chi connectivity index (χ0v) is 11.9. The second kappa shape index (κ2) is 5.17. The number of amides is 1. The minimum absolute atomic E-state index is 0.248. The van der Waals surface area contributed by atoms with Crippen molar-refractivity contribution in [1.29, 1.82) is 0 Å². The fourth-order valence-corrected chi connectivity index (χ4v) is 2.73. The van der Waals surface area contributed by atoms with Gasteiger partial charge in [0.15, 0.2) is 5.82 Å². The highest BCUT2D eigenvalue weighted by Gasteiger charge is 2.29. The summed E-state index contributed by atoms with van der Waals surface area (Å²) in [4.78, 5) is 16.6. The Labute approximate surface area is 130 Å². The first-order valence-electron chi connectivity index (χ1n) is 7.01. The van der Waals surface area contributed by atoms with Crippen LogP contribution in [0.25, 0.3) is 11.1 Å². The van der Waals surface area contributed by atoms with Crippen LogP contribution in [0.15, 0.2) is 54.9 Å². The average molecular weight is 306 g/mol. The Bertz CT molecular complexity index is 931. The summed E-state index contributed by atoms with van der Waals surface area (Å²) in [5.41, 5.74) is 3.00. The number of H-pyrrole nitrogens is 1. The van der Waals surface area contributed by atoms with Gasteiger partial charge in [-0.2, -0.15) is 5.10 Å². The van der Waals surface area contributed by atoms with Gasteiger partial charge in [-0.05, 0) is 23.8 Å². The molecule has 0 bridgehead atoms. The Morgan fingerprint density at radius 1 is 1.09 bits per heavy atom. The molecule has 1 aromatic heterocycles. The van der Waals surface area contributed by atoms with Crippen LogP contribution in [0.2, 0.25) is 0 Å². The number of hydrogen-bond donors (Lipinski definition) is 2. The van der Waals surface area contributed by atoms with E-state index in [9.17, 15) is 9.18 Å². The summed E-state index contributed by atoms with van der Waals surface area (Å²) in [5, 5.41) is 9.43. The van der Waals surface area contributed by atoms with Gasteiger partial charge in [0.1, 0.15) is 12.1 Å². The van der Waals surface area contributed by atoms with Gasteiger partial charge in [-0.25, -0.2) is 9.37 Å². The number of nitrogens with zero attached hydrogens (tertiary/aromatic N) is 2. The fourth-order valence-electron chi connectivity index (χ4n) is 2.73. The molecule has 3 aromatic rings. The number of halogens is 1. The summed E-state index contributed by atoms with van der Waals surface area (Å²) in [6, 6.07) is 13.4. The minimum atomic E-state index is -0.383. The van der Waals surface area contributed by atoms with Crippen LogP contribution in [0.5, 0.6) is 0 Å². The van der Waals surface area contributed by atoms with E-state index in [1.807, 2.05) is 24.3 Å². The van der Waals surface area contributed by atoms with E-state index < -0.39 is 0 Å². The summed E-state index contributed by atoms with van der Waals surface area (Å²) in [7, 11) is 0. The largest absolute Gasteiger partial charge is 0.321 e. The summed E-state index contributed by atoms with van der Waals surface area (Å²) >= 11 is 0. The zero-order valence-electron chi connectivity index (χ0n) is 11.9. The molecule has 0 atom stereocenters. The molecule has 2 N–H and O–H groups in total. The molecule has 0 spiro atoms. The maximum atomic E-state index is 13.7. The van der Waals surface area contributed by atoms with E-state index in [1.54, 1.807) is 12.1 Å². The maximum absolute atomic E-state index is 13.7. The first-order chi connectivity index (χ1) is 11.2. The van der Waals surface area contributed by atoms with Crippen LogP contribution < -0.4 is 5.32 Å². The van der Waals surface area contributed by atoms with Crippen molar-refractivity contribution in [3.63, 3.8) is 0 Å². The van der Waals surface area contributed by atoms with E-state index >= 15 is 0 Å². The lowest BCUT2D eigenvalue weighted by molar-refractivity contribution is -0.110. The summed E-state index contributed by atoms with van der Waals surface area (Å²) in [6.45, 7) is 0. The molecule has 1 aliphatic rings. The summed E-state index contributed by atoms with van der Waals surface area (Å²) in [6.07, 6.45) is 1.36. The van der Waals surface area contributed by atoms with Crippen LogP contribution in [0.3, 0.4) is 0 Å². The molecule has 6 heteroatoms. The molecule has 0 fully saturated rings. The lowest BCUT2D eigenvalue weighted by atomic mass is 9.95. The van der Waals surface area contributed by atoms with Crippen LogP contribution in [0.4, 0.5) is 10.1 Å². The standard InChI is InChI=1S/C17H11FN4O/c18-11-5-3-4-10(8-11)14(16-19-9-20-22-16)15-12-6-1-2-7-13(12)21-17(15)23/h1-9H,(H,21,23)(H,19,20,22). The summed E-state index contributed by atoms with van der Waals surface area (Å²) < 4.78 is 13.7. The predicted octanol–water partition coefficient (Wildman–Crippen LogP) is 2.86. The van der Waals surface area contributed by atoms with E-state index in [0.717, 1.165) is 11.3 Å². The van der Waals surface area contributed by atoms with Crippen LogP contribution in [-0.4, -0.2) is 21.1 Å². The number of carbonyl (C=O) groups is 1. The highest BCUT2D eigenvalue weighted by molar-refractivity contribution is 6.37. The van der Waals surface area contributed by atoms with Gasteiger partial charge in [0.05, 0.1) is 5.57 Å². The lowest BCUT2D eigenvalue weighted by Crippen LogP contribution is -2.07. The van der Waals surface area contributed by atoms with Crippen LogP contribution in [0, 0.1) is 5.82 Å². The number of nitrogens with one attached hydrogen (secondary N) is 2. The predicted molar refractivity (Wildman–Crippen MR) is 83.8 cm³/mol. The summed E-state index contributed by atoms with van der Waals surface area (Å²) in [5.74, 6) is -0.217. The van der Waals surface area contributed by atoms with Gasteiger partial charge in [0.2, 0.25) is 0 Å². The second-order valence-corrected chi connectivity index (χ2v) is 5.09. The Kier molecular flexibility index (Phi) is 3.01. The molecule has 112 valence electrons. The van der Waals surface area contributed by atoms with E-state index in [2.05, 4.69) is 20.5 Å². The number of hydrogen-bond acceptors (Lipinski definition) is 3. The number of aromatic amines is 1. The number of aromatic nitrogens is 3. The molecule has 1 aliphatic heterocycles. The first kappa shape index (κ1) is 13.4. The lowest BCUT2D eigenvalue weighted by Gasteiger charge is -2.09. The fraction of sp³-hybridized carbons (Fsp3) is 0. The highest BCUT2D eigenvalue weighted by Crippen LogP contribution is 2.38. The topological polar surface area (TPSA) is 70.7 Å². The molecular weight excluding hydrogens is 295 g/mol. The molecule has 0 saturated carbocycles. The van der Waals surface area contributed by atoms with Crippen molar-refractivity contribution in [2.45, 2.75) is 0 Å². The maximum Gasteiger partial charge on any atom is 0.257 e. The van der Waals surface area contributed by atoms with Gasteiger partial charge in [-0.1, -0.05) is 30.3 Å². The van der Waals surface area contributed by atoms with Crippen molar-refractivity contribution < 1.29 is 9.18 Å². The Hall–Kier alpha value is -3.28. The quantitative estimate of drug-likeness (QED) is 0.715. The molecule has 0 saturated heterocycles. The first-order valence-corrected chi connectivity index (χ1v) is 7.01. The van der Waals surface area contributed by atoms with Crippen molar-refractivity contribution in [3.8, 4) is 0 Å². The Morgan fingerprint density at radius 3 is 2.74 bits per heavy atom. The smallest absolute Gasteiger partial charge is 0.257 e. The minimum Gasteiger partial charge on any atom is -0.321 e.